The fraction of sp³-hybridized carbons (Fsp3) is 0.548. The Kier molecular flexibility index (Phi) is 9.25. The van der Waals surface area contributed by atoms with Crippen molar-refractivity contribution in [3.63, 3.8) is 0 Å². The molecule has 0 unspecified atom stereocenters. The third kappa shape index (κ3) is 7.04. The number of hydrogen-bond acceptors (Lipinski definition) is 4. The van der Waals surface area contributed by atoms with Gasteiger partial charge in [0.25, 0.3) is 5.91 Å². The molecule has 2 aliphatic rings. The Labute approximate surface area is 233 Å². The van der Waals surface area contributed by atoms with Crippen molar-refractivity contribution in [3.05, 3.63) is 70.8 Å². The second-order valence-corrected chi connectivity index (χ2v) is 11.6. The van der Waals surface area contributed by atoms with E-state index in [0.717, 1.165) is 42.5 Å². The van der Waals surface area contributed by atoms with E-state index in [1.54, 1.807) is 30.9 Å². The van der Waals surface area contributed by atoms with Crippen LogP contribution in [-0.4, -0.2) is 54.8 Å². The quantitative estimate of drug-likeness (QED) is 0.312. The lowest BCUT2D eigenvalue weighted by Gasteiger charge is -2.41. The lowest BCUT2D eigenvalue weighted by molar-refractivity contribution is -0.217. The molecular formula is C31H38F3NO5. The summed E-state index contributed by atoms with van der Waals surface area (Å²) >= 11 is 0. The van der Waals surface area contributed by atoms with E-state index >= 15 is 0 Å². The van der Waals surface area contributed by atoms with Gasteiger partial charge in [-0.15, -0.1) is 0 Å². The van der Waals surface area contributed by atoms with Gasteiger partial charge in [-0.1, -0.05) is 37.1 Å². The van der Waals surface area contributed by atoms with E-state index in [0.29, 0.717) is 57.7 Å². The summed E-state index contributed by atoms with van der Waals surface area (Å²) in [6, 6.07) is 12.8. The maximum atomic E-state index is 13.1. The predicted molar refractivity (Wildman–Crippen MR) is 144 cm³/mol. The van der Waals surface area contributed by atoms with Crippen molar-refractivity contribution in [2.45, 2.75) is 70.1 Å². The molecule has 0 aliphatic carbocycles. The smallest absolute Gasteiger partial charge is 0.416 e. The number of piperidine rings is 1. The zero-order chi connectivity index (χ0) is 29.0. The van der Waals surface area contributed by atoms with Crippen LogP contribution < -0.4 is 0 Å². The fourth-order valence-corrected chi connectivity index (χ4v) is 5.30. The van der Waals surface area contributed by atoms with Gasteiger partial charge in [-0.3, -0.25) is 9.59 Å². The number of unbranched alkanes of at least 4 members (excludes halogenated alkanes) is 2. The summed E-state index contributed by atoms with van der Waals surface area (Å²) in [6.45, 7) is 6.03. The maximum Gasteiger partial charge on any atom is 0.416 e. The zero-order valence-corrected chi connectivity index (χ0v) is 23.1. The van der Waals surface area contributed by atoms with Crippen LogP contribution in [0, 0.1) is 5.41 Å². The first kappa shape index (κ1) is 30.1. The average Bonchev–Trinajstić information content (AvgIpc) is 2.91. The molecule has 218 valence electrons. The number of carboxylic acid groups (broad SMARTS) is 1. The molecule has 2 aliphatic heterocycles. The standard InChI is InChI=1S/C31H38F3NO5/c1-29(2,28(37)38)16-4-3-5-19-40-30(20-39-21-30)25-10-8-24(9-11-25)27(36)35-17-14-23(15-18-35)22-6-12-26(13-7-22)31(32,33)34/h6-13,23H,3-5,14-21H2,1-2H3,(H,37,38). The van der Waals surface area contributed by atoms with Crippen molar-refractivity contribution in [2.75, 3.05) is 32.9 Å². The van der Waals surface area contributed by atoms with Crippen LogP contribution in [0.4, 0.5) is 13.2 Å². The topological polar surface area (TPSA) is 76.1 Å². The molecular weight excluding hydrogens is 523 g/mol. The van der Waals surface area contributed by atoms with E-state index in [4.69, 9.17) is 9.47 Å². The number of hydrogen-bond donors (Lipinski definition) is 1. The number of carboxylic acids is 1. The first-order chi connectivity index (χ1) is 18.9. The summed E-state index contributed by atoms with van der Waals surface area (Å²) in [4.78, 5) is 26.2. The van der Waals surface area contributed by atoms with Crippen molar-refractivity contribution in [3.8, 4) is 0 Å². The number of ether oxygens (including phenoxy) is 2. The van der Waals surface area contributed by atoms with Gasteiger partial charge in [0, 0.05) is 25.3 Å². The van der Waals surface area contributed by atoms with Crippen molar-refractivity contribution in [2.24, 2.45) is 5.41 Å². The van der Waals surface area contributed by atoms with Crippen LogP contribution in [0.2, 0.25) is 0 Å². The Morgan fingerprint density at radius 3 is 2.12 bits per heavy atom. The van der Waals surface area contributed by atoms with Gasteiger partial charge < -0.3 is 19.5 Å². The number of benzene rings is 2. The third-order valence-corrected chi connectivity index (χ3v) is 8.22. The van der Waals surface area contributed by atoms with Crippen molar-refractivity contribution in [1.29, 1.82) is 0 Å². The number of rotatable bonds is 11. The molecule has 0 radical (unpaired) electrons. The third-order valence-electron chi connectivity index (χ3n) is 8.22. The number of halogens is 3. The lowest BCUT2D eigenvalue weighted by Crippen LogP contribution is -2.49. The minimum absolute atomic E-state index is 0.0541. The van der Waals surface area contributed by atoms with Crippen molar-refractivity contribution in [1.82, 2.24) is 4.90 Å². The lowest BCUT2D eigenvalue weighted by atomic mass is 9.87. The van der Waals surface area contributed by atoms with E-state index < -0.39 is 28.7 Å². The molecule has 0 bridgehead atoms. The molecule has 2 aromatic carbocycles. The highest BCUT2D eigenvalue weighted by Gasteiger charge is 2.41. The normalized spacial score (nSPS) is 17.9. The molecule has 9 heteroatoms. The van der Waals surface area contributed by atoms with E-state index in [9.17, 15) is 27.9 Å². The zero-order valence-electron chi connectivity index (χ0n) is 23.1. The molecule has 1 N–H and O–H groups in total. The molecule has 1 amide bonds. The molecule has 0 atom stereocenters. The Balaban J connectivity index is 1.25. The highest BCUT2D eigenvalue weighted by molar-refractivity contribution is 5.94. The van der Waals surface area contributed by atoms with Gasteiger partial charge in [-0.25, -0.2) is 0 Å². The average molecular weight is 562 g/mol. The van der Waals surface area contributed by atoms with Gasteiger partial charge in [-0.05, 0) is 80.8 Å². The van der Waals surface area contributed by atoms with Crippen LogP contribution in [0.5, 0.6) is 0 Å². The number of aliphatic carboxylic acids is 1. The van der Waals surface area contributed by atoms with E-state index in [2.05, 4.69) is 0 Å². The number of alkyl halides is 3. The van der Waals surface area contributed by atoms with Crippen LogP contribution in [-0.2, 0) is 26.0 Å². The summed E-state index contributed by atoms with van der Waals surface area (Å²) in [7, 11) is 0. The molecule has 0 aromatic heterocycles. The molecule has 2 heterocycles. The second-order valence-electron chi connectivity index (χ2n) is 11.6. The first-order valence-corrected chi connectivity index (χ1v) is 13.9. The van der Waals surface area contributed by atoms with Crippen LogP contribution in [0.1, 0.15) is 85.3 Å². The highest BCUT2D eigenvalue weighted by atomic mass is 19.4. The molecule has 6 nitrogen and oxygen atoms in total. The largest absolute Gasteiger partial charge is 0.481 e. The molecule has 4 rings (SSSR count). The number of nitrogens with zero attached hydrogens (tertiary/aromatic N) is 1. The number of amides is 1. The Morgan fingerprint density at radius 1 is 0.975 bits per heavy atom. The minimum Gasteiger partial charge on any atom is -0.481 e. The predicted octanol–water partition coefficient (Wildman–Crippen LogP) is 6.64. The Hall–Kier alpha value is -2.91. The monoisotopic (exact) mass is 561 g/mol. The minimum atomic E-state index is -4.34. The number of likely N-dealkylation sites (tertiary alicyclic amines) is 1. The van der Waals surface area contributed by atoms with Gasteiger partial charge in [0.05, 0.1) is 24.2 Å². The van der Waals surface area contributed by atoms with E-state index in [-0.39, 0.29) is 11.8 Å². The molecule has 40 heavy (non-hydrogen) atoms. The van der Waals surface area contributed by atoms with E-state index in [1.165, 1.54) is 0 Å². The molecule has 2 fully saturated rings. The SMILES string of the molecule is CC(C)(CCCCCOC1(c2ccc(C(=O)N3CCC(c4ccc(C(F)(F)F)cc4)CC3)cc2)COC1)C(=O)O. The molecule has 0 saturated carbocycles. The second kappa shape index (κ2) is 12.3. The fourth-order valence-electron chi connectivity index (χ4n) is 5.30. The number of carbonyl (C=O) groups excluding carboxylic acids is 1. The van der Waals surface area contributed by atoms with Crippen LogP contribution in [0.3, 0.4) is 0 Å². The summed E-state index contributed by atoms with van der Waals surface area (Å²) < 4.78 is 50.3. The summed E-state index contributed by atoms with van der Waals surface area (Å²) in [6.07, 6.45) is 0.231. The summed E-state index contributed by atoms with van der Waals surface area (Å²) in [5.41, 5.74) is 0.538. The molecule has 0 spiro atoms. The van der Waals surface area contributed by atoms with E-state index in [1.807, 2.05) is 24.3 Å². The molecule has 2 aromatic rings. The maximum absolute atomic E-state index is 13.1. The summed E-state index contributed by atoms with van der Waals surface area (Å²) in [5, 5.41) is 9.23. The van der Waals surface area contributed by atoms with Crippen molar-refractivity contribution >= 4 is 11.9 Å². The Bertz CT molecular complexity index is 1150. The summed E-state index contributed by atoms with van der Waals surface area (Å²) in [5.74, 6) is -0.701. The Morgan fingerprint density at radius 2 is 1.60 bits per heavy atom. The van der Waals surface area contributed by atoms with Gasteiger partial charge >= 0.3 is 12.1 Å². The molecule has 2 saturated heterocycles. The first-order valence-electron chi connectivity index (χ1n) is 13.9. The number of carbonyl (C=O) groups is 2. The van der Waals surface area contributed by atoms with Crippen molar-refractivity contribution < 1.29 is 37.3 Å². The van der Waals surface area contributed by atoms with Gasteiger partial charge in [0.2, 0.25) is 0 Å². The van der Waals surface area contributed by atoms with Gasteiger partial charge in [-0.2, -0.15) is 13.2 Å². The van der Waals surface area contributed by atoms with Crippen LogP contribution in [0.25, 0.3) is 0 Å². The van der Waals surface area contributed by atoms with Gasteiger partial charge in [0.15, 0.2) is 0 Å². The highest BCUT2D eigenvalue weighted by Crippen LogP contribution is 2.36. The van der Waals surface area contributed by atoms with Gasteiger partial charge in [0.1, 0.15) is 5.60 Å². The van der Waals surface area contributed by atoms with Crippen LogP contribution >= 0.6 is 0 Å². The van der Waals surface area contributed by atoms with Crippen LogP contribution in [0.15, 0.2) is 48.5 Å².